The average molecular weight is 344 g/mol. The highest BCUT2D eigenvalue weighted by atomic mass is 19.4. The maximum Gasteiger partial charge on any atom is 0.416 e. The van der Waals surface area contributed by atoms with Gasteiger partial charge < -0.3 is 10.3 Å². The zero-order chi connectivity index (χ0) is 18.4. The minimum absolute atomic E-state index is 0.209. The number of primary amides is 1. The molecule has 25 heavy (non-hydrogen) atoms. The van der Waals surface area contributed by atoms with Gasteiger partial charge in [0, 0.05) is 22.8 Å². The molecule has 0 aliphatic carbocycles. The summed E-state index contributed by atoms with van der Waals surface area (Å²) >= 11 is 0. The molecule has 6 heteroatoms. The largest absolute Gasteiger partial charge is 0.416 e. The summed E-state index contributed by atoms with van der Waals surface area (Å²) < 4.78 is 40.3. The fourth-order valence-electron chi connectivity index (χ4n) is 2.78. The smallest absolute Gasteiger partial charge is 0.366 e. The number of carbonyl (C=O) groups is 1. The van der Waals surface area contributed by atoms with Gasteiger partial charge in [-0.25, -0.2) is 0 Å². The van der Waals surface area contributed by atoms with E-state index in [1.54, 1.807) is 31.3 Å². The highest BCUT2D eigenvalue weighted by Crippen LogP contribution is 2.32. The van der Waals surface area contributed by atoms with Crippen molar-refractivity contribution in [2.75, 3.05) is 0 Å². The maximum absolute atomic E-state index is 12.8. The van der Waals surface area contributed by atoms with Crippen LogP contribution in [0.5, 0.6) is 0 Å². The number of carbonyl (C=O) groups excluding carboxylic acids is 1. The van der Waals surface area contributed by atoms with Crippen molar-refractivity contribution < 1.29 is 18.0 Å². The molecule has 3 nitrogen and oxygen atoms in total. The summed E-state index contributed by atoms with van der Waals surface area (Å²) in [7, 11) is 0. The van der Waals surface area contributed by atoms with E-state index in [0.717, 1.165) is 23.0 Å². The van der Waals surface area contributed by atoms with Gasteiger partial charge in [-0.15, -0.1) is 0 Å². The van der Waals surface area contributed by atoms with E-state index in [9.17, 15) is 18.0 Å². The molecule has 0 atom stereocenters. The third kappa shape index (κ3) is 3.03. The summed E-state index contributed by atoms with van der Waals surface area (Å²) in [5.41, 5.74) is 7.37. The van der Waals surface area contributed by atoms with E-state index in [2.05, 4.69) is 6.58 Å². The van der Waals surface area contributed by atoms with Crippen LogP contribution < -0.4 is 5.73 Å². The summed E-state index contributed by atoms with van der Waals surface area (Å²) in [5.74, 6) is -0.600. The standard InChI is InChI=1S/C19H15F3N2O/c1-11-9-15(19(20,21)22)4-6-16(11)24-8-7-14-10-13(3-5-17(14)24)12(2)18(23)25/h3-10H,2H2,1H3,(H2,23,25). The lowest BCUT2D eigenvalue weighted by Gasteiger charge is -2.13. The van der Waals surface area contributed by atoms with Crippen molar-refractivity contribution in [2.24, 2.45) is 5.73 Å². The number of hydrogen-bond donors (Lipinski definition) is 1. The zero-order valence-electron chi connectivity index (χ0n) is 13.4. The molecule has 0 aliphatic heterocycles. The lowest BCUT2D eigenvalue weighted by atomic mass is 10.1. The van der Waals surface area contributed by atoms with Crippen LogP contribution in [0, 0.1) is 6.92 Å². The molecule has 0 saturated carbocycles. The van der Waals surface area contributed by atoms with Crippen molar-refractivity contribution in [1.82, 2.24) is 4.57 Å². The summed E-state index contributed by atoms with van der Waals surface area (Å²) in [6.07, 6.45) is -2.59. The number of halogens is 3. The summed E-state index contributed by atoms with van der Waals surface area (Å²) in [6.45, 7) is 5.29. The predicted octanol–water partition coefficient (Wildman–Crippen LogP) is 4.46. The Balaban J connectivity index is 2.08. The third-order valence-electron chi connectivity index (χ3n) is 4.12. The van der Waals surface area contributed by atoms with E-state index in [1.807, 2.05) is 10.6 Å². The number of hydrogen-bond acceptors (Lipinski definition) is 1. The molecular weight excluding hydrogens is 329 g/mol. The number of aryl methyl sites for hydroxylation is 1. The Labute approximate surface area is 142 Å². The van der Waals surface area contributed by atoms with Gasteiger partial charge in [0.05, 0.1) is 11.1 Å². The Bertz CT molecular complexity index is 1000. The van der Waals surface area contributed by atoms with Crippen molar-refractivity contribution in [2.45, 2.75) is 13.1 Å². The zero-order valence-corrected chi connectivity index (χ0v) is 13.4. The second kappa shape index (κ2) is 5.81. The van der Waals surface area contributed by atoms with Crippen LogP contribution in [0.1, 0.15) is 16.7 Å². The van der Waals surface area contributed by atoms with E-state index in [4.69, 9.17) is 5.73 Å². The second-order valence-corrected chi connectivity index (χ2v) is 5.80. The van der Waals surface area contributed by atoms with Crippen molar-refractivity contribution >= 4 is 22.4 Å². The lowest BCUT2D eigenvalue weighted by molar-refractivity contribution is -0.137. The molecular formula is C19H15F3N2O. The molecule has 1 heterocycles. The highest BCUT2D eigenvalue weighted by Gasteiger charge is 2.30. The lowest BCUT2D eigenvalue weighted by Crippen LogP contribution is -2.11. The number of rotatable bonds is 3. The molecule has 0 fully saturated rings. The van der Waals surface area contributed by atoms with Crippen LogP contribution in [0.4, 0.5) is 13.2 Å². The Morgan fingerprint density at radius 3 is 2.44 bits per heavy atom. The van der Waals surface area contributed by atoms with Gasteiger partial charge >= 0.3 is 6.18 Å². The topological polar surface area (TPSA) is 48.0 Å². The van der Waals surface area contributed by atoms with E-state index in [0.29, 0.717) is 16.8 Å². The van der Waals surface area contributed by atoms with Crippen molar-refractivity contribution in [3.8, 4) is 5.69 Å². The van der Waals surface area contributed by atoms with Crippen LogP contribution >= 0.6 is 0 Å². The van der Waals surface area contributed by atoms with Gasteiger partial charge in [-0.1, -0.05) is 12.6 Å². The van der Waals surface area contributed by atoms with Gasteiger partial charge in [-0.05, 0) is 54.4 Å². The number of amides is 1. The molecule has 2 aromatic carbocycles. The predicted molar refractivity (Wildman–Crippen MR) is 91.2 cm³/mol. The first-order valence-corrected chi connectivity index (χ1v) is 7.47. The van der Waals surface area contributed by atoms with Crippen LogP contribution in [0.2, 0.25) is 0 Å². The van der Waals surface area contributed by atoms with E-state index in [-0.39, 0.29) is 5.57 Å². The van der Waals surface area contributed by atoms with Crippen LogP contribution in [-0.2, 0) is 11.0 Å². The molecule has 3 aromatic rings. The van der Waals surface area contributed by atoms with Gasteiger partial charge in [0.15, 0.2) is 0 Å². The van der Waals surface area contributed by atoms with Gasteiger partial charge in [-0.2, -0.15) is 13.2 Å². The van der Waals surface area contributed by atoms with Crippen LogP contribution in [-0.4, -0.2) is 10.5 Å². The van der Waals surface area contributed by atoms with Gasteiger partial charge in [0.25, 0.3) is 0 Å². The third-order valence-corrected chi connectivity index (χ3v) is 4.12. The molecule has 1 aromatic heterocycles. The fourth-order valence-corrected chi connectivity index (χ4v) is 2.78. The van der Waals surface area contributed by atoms with Crippen LogP contribution in [0.3, 0.4) is 0 Å². The highest BCUT2D eigenvalue weighted by molar-refractivity contribution is 6.18. The molecule has 0 saturated heterocycles. The maximum atomic E-state index is 12.8. The van der Waals surface area contributed by atoms with Crippen molar-refractivity contribution in [3.05, 3.63) is 71.9 Å². The Kier molecular flexibility index (Phi) is 3.91. The number of benzene rings is 2. The number of aromatic nitrogens is 1. The molecule has 0 bridgehead atoms. The summed E-state index contributed by atoms with van der Waals surface area (Å²) in [6, 6.07) is 10.7. The average Bonchev–Trinajstić information content (AvgIpc) is 2.96. The molecule has 0 radical (unpaired) electrons. The van der Waals surface area contributed by atoms with Gasteiger partial charge in [0.2, 0.25) is 5.91 Å². The molecule has 3 rings (SSSR count). The summed E-state index contributed by atoms with van der Waals surface area (Å²) in [4.78, 5) is 11.2. The second-order valence-electron chi connectivity index (χ2n) is 5.80. The molecule has 2 N–H and O–H groups in total. The summed E-state index contributed by atoms with van der Waals surface area (Å²) in [5, 5.41) is 0.833. The molecule has 0 spiro atoms. The number of nitrogens with zero attached hydrogens (tertiary/aromatic N) is 1. The van der Waals surface area contributed by atoms with Crippen molar-refractivity contribution in [1.29, 1.82) is 0 Å². The SMILES string of the molecule is C=C(C(N)=O)c1ccc2c(ccn2-c2ccc(C(F)(F)F)cc2C)c1. The van der Waals surface area contributed by atoms with Crippen molar-refractivity contribution in [3.63, 3.8) is 0 Å². The minimum Gasteiger partial charge on any atom is -0.366 e. The van der Waals surface area contributed by atoms with E-state index in [1.165, 1.54) is 6.07 Å². The van der Waals surface area contributed by atoms with Gasteiger partial charge in [0.1, 0.15) is 0 Å². The van der Waals surface area contributed by atoms with E-state index >= 15 is 0 Å². The normalized spacial score (nSPS) is 11.7. The quantitative estimate of drug-likeness (QED) is 0.701. The molecule has 0 aliphatic rings. The molecule has 1 amide bonds. The molecule has 128 valence electrons. The van der Waals surface area contributed by atoms with Gasteiger partial charge in [-0.3, -0.25) is 4.79 Å². The Hall–Kier alpha value is -3.02. The first-order valence-electron chi connectivity index (χ1n) is 7.47. The minimum atomic E-state index is -4.37. The Morgan fingerprint density at radius 2 is 1.84 bits per heavy atom. The number of alkyl halides is 3. The molecule has 0 unspecified atom stereocenters. The first kappa shape index (κ1) is 16.8. The number of nitrogens with two attached hydrogens (primary N) is 1. The van der Waals surface area contributed by atoms with Crippen LogP contribution in [0.15, 0.2) is 55.2 Å². The fraction of sp³-hybridized carbons (Fsp3) is 0.105. The van der Waals surface area contributed by atoms with Crippen LogP contribution in [0.25, 0.3) is 22.2 Å². The Morgan fingerprint density at radius 1 is 1.12 bits per heavy atom. The number of fused-ring (bicyclic) bond motifs is 1. The first-order chi connectivity index (χ1) is 11.7. The van der Waals surface area contributed by atoms with E-state index < -0.39 is 17.6 Å². The monoisotopic (exact) mass is 344 g/mol.